The Hall–Kier alpha value is -3.71. The second kappa shape index (κ2) is 8.57. The van der Waals surface area contributed by atoms with Gasteiger partial charge in [0.25, 0.3) is 11.5 Å². The first-order valence-corrected chi connectivity index (χ1v) is 11.9. The van der Waals surface area contributed by atoms with E-state index in [1.165, 1.54) is 18.4 Å². The minimum Gasteiger partial charge on any atom is -0.340 e. The van der Waals surface area contributed by atoms with Crippen LogP contribution in [0.2, 0.25) is 0 Å². The number of imidazole rings is 1. The minimum atomic E-state index is -0.174. The predicted octanol–water partition coefficient (Wildman–Crippen LogP) is 3.71. The van der Waals surface area contributed by atoms with Crippen molar-refractivity contribution in [2.24, 2.45) is 0 Å². The van der Waals surface area contributed by atoms with Gasteiger partial charge in [-0.3, -0.25) is 14.5 Å². The van der Waals surface area contributed by atoms with Crippen molar-refractivity contribution < 1.29 is 4.79 Å². The van der Waals surface area contributed by atoms with Gasteiger partial charge in [-0.05, 0) is 61.1 Å². The second-order valence-corrected chi connectivity index (χ2v) is 9.27. The fourth-order valence-corrected chi connectivity index (χ4v) is 5.05. The molecule has 7 nitrogen and oxygen atoms in total. The van der Waals surface area contributed by atoms with Crippen molar-refractivity contribution in [3.8, 4) is 11.4 Å². The first-order chi connectivity index (χ1) is 16.6. The molecule has 1 amide bonds. The molecule has 0 spiro atoms. The number of aromatic amines is 2. The molecule has 2 aromatic carbocycles. The number of hydrogen-bond donors (Lipinski definition) is 2. The first kappa shape index (κ1) is 20.9. The van der Waals surface area contributed by atoms with Crippen molar-refractivity contribution >= 4 is 16.8 Å². The van der Waals surface area contributed by atoms with E-state index in [1.807, 2.05) is 47.4 Å². The summed E-state index contributed by atoms with van der Waals surface area (Å²) in [7, 11) is 0. The summed E-state index contributed by atoms with van der Waals surface area (Å²) in [5, 5.41) is 0.955. The molecule has 0 unspecified atom stereocenters. The maximum atomic E-state index is 13.2. The number of likely N-dealkylation sites (tertiary alicyclic amines) is 1. The number of carbonyl (C=O) groups excluding carboxylic acids is 1. The van der Waals surface area contributed by atoms with E-state index >= 15 is 0 Å². The topological polar surface area (TPSA) is 85.1 Å². The number of hydrogen-bond acceptors (Lipinski definition) is 4. The average Bonchev–Trinajstić information content (AvgIpc) is 3.53. The molecule has 0 saturated carbocycles. The van der Waals surface area contributed by atoms with Crippen molar-refractivity contribution in [2.45, 2.75) is 32.4 Å². The van der Waals surface area contributed by atoms with E-state index in [4.69, 9.17) is 4.98 Å². The Labute approximate surface area is 197 Å². The van der Waals surface area contributed by atoms with E-state index in [1.54, 1.807) is 0 Å². The molecule has 0 atom stereocenters. The summed E-state index contributed by atoms with van der Waals surface area (Å²) in [6.07, 6.45) is 3.21. The second-order valence-electron chi connectivity index (χ2n) is 9.27. The third kappa shape index (κ3) is 3.92. The fraction of sp³-hybridized carbons (Fsp3) is 0.296. The lowest BCUT2D eigenvalue weighted by Gasteiger charge is -2.26. The molecule has 1 saturated heterocycles. The van der Waals surface area contributed by atoms with Gasteiger partial charge in [0.15, 0.2) is 0 Å². The van der Waals surface area contributed by atoms with Crippen LogP contribution in [0.25, 0.3) is 22.3 Å². The number of H-pyrrole nitrogens is 2. The van der Waals surface area contributed by atoms with E-state index in [2.05, 4.69) is 27.0 Å². The Bertz CT molecular complexity index is 1410. The van der Waals surface area contributed by atoms with E-state index in [-0.39, 0.29) is 11.5 Å². The van der Waals surface area contributed by atoms with Crippen LogP contribution >= 0.6 is 0 Å². The van der Waals surface area contributed by atoms with Crippen molar-refractivity contribution in [3.05, 3.63) is 87.5 Å². The molecule has 4 aromatic rings. The summed E-state index contributed by atoms with van der Waals surface area (Å²) >= 11 is 0. The van der Waals surface area contributed by atoms with Crippen LogP contribution in [-0.4, -0.2) is 50.3 Å². The van der Waals surface area contributed by atoms with E-state index in [9.17, 15) is 9.59 Å². The molecule has 7 heteroatoms. The van der Waals surface area contributed by atoms with Crippen LogP contribution in [-0.2, 0) is 19.5 Å². The highest BCUT2D eigenvalue weighted by Gasteiger charge is 2.25. The van der Waals surface area contributed by atoms with Gasteiger partial charge in [-0.2, -0.15) is 0 Å². The van der Waals surface area contributed by atoms with Gasteiger partial charge >= 0.3 is 0 Å². The molecule has 0 radical (unpaired) electrons. The van der Waals surface area contributed by atoms with Crippen LogP contribution in [0.4, 0.5) is 0 Å². The maximum Gasteiger partial charge on any atom is 0.259 e. The van der Waals surface area contributed by atoms with Crippen LogP contribution < -0.4 is 5.56 Å². The first-order valence-electron chi connectivity index (χ1n) is 11.9. The van der Waals surface area contributed by atoms with Crippen LogP contribution in [0, 0.1) is 0 Å². The number of amides is 1. The number of benzene rings is 2. The maximum absolute atomic E-state index is 13.2. The van der Waals surface area contributed by atoms with E-state index in [0.29, 0.717) is 36.5 Å². The van der Waals surface area contributed by atoms with Gasteiger partial charge in [-0.15, -0.1) is 0 Å². The van der Waals surface area contributed by atoms with Crippen LogP contribution in [0.1, 0.15) is 40.2 Å². The summed E-state index contributed by atoms with van der Waals surface area (Å²) in [6.45, 7) is 4.34. The summed E-state index contributed by atoms with van der Waals surface area (Å²) < 4.78 is 0. The molecule has 2 aliphatic heterocycles. The molecule has 6 rings (SSSR count). The monoisotopic (exact) mass is 453 g/mol. The van der Waals surface area contributed by atoms with Gasteiger partial charge in [0.05, 0.1) is 23.5 Å². The average molecular weight is 454 g/mol. The van der Waals surface area contributed by atoms with Gasteiger partial charge in [0.1, 0.15) is 5.82 Å². The lowest BCUT2D eigenvalue weighted by atomic mass is 10.1. The van der Waals surface area contributed by atoms with Gasteiger partial charge < -0.3 is 14.9 Å². The number of rotatable bonds is 4. The van der Waals surface area contributed by atoms with Gasteiger partial charge in [0.2, 0.25) is 0 Å². The number of fused-ring (bicyclic) bond motifs is 2. The Balaban J connectivity index is 1.19. The fourth-order valence-electron chi connectivity index (χ4n) is 5.05. The Morgan fingerprint density at radius 2 is 1.76 bits per heavy atom. The zero-order chi connectivity index (χ0) is 23.1. The van der Waals surface area contributed by atoms with Crippen LogP contribution in [0.5, 0.6) is 0 Å². The summed E-state index contributed by atoms with van der Waals surface area (Å²) in [4.78, 5) is 41.1. The Kier molecular flexibility index (Phi) is 5.26. The van der Waals surface area contributed by atoms with Crippen molar-refractivity contribution in [3.63, 3.8) is 0 Å². The largest absolute Gasteiger partial charge is 0.340 e. The highest BCUT2D eigenvalue weighted by molar-refractivity contribution is 5.94. The zero-order valence-corrected chi connectivity index (χ0v) is 19.0. The van der Waals surface area contributed by atoms with Crippen molar-refractivity contribution in [1.29, 1.82) is 0 Å². The third-order valence-corrected chi connectivity index (χ3v) is 6.93. The number of carbonyl (C=O) groups is 1. The summed E-state index contributed by atoms with van der Waals surface area (Å²) in [5.74, 6) is 0.579. The lowest BCUT2D eigenvalue weighted by molar-refractivity contribution is 0.0732. The number of para-hydroxylation sites is 1. The third-order valence-electron chi connectivity index (χ3n) is 6.93. The van der Waals surface area contributed by atoms with Crippen LogP contribution in [0.3, 0.4) is 0 Å². The number of aromatic nitrogens is 3. The molecular formula is C27H27N5O2. The van der Waals surface area contributed by atoms with Gasteiger partial charge in [-0.25, -0.2) is 4.98 Å². The molecule has 0 bridgehead atoms. The molecule has 2 aromatic heterocycles. The molecule has 34 heavy (non-hydrogen) atoms. The Morgan fingerprint density at radius 1 is 0.971 bits per heavy atom. The number of nitrogens with one attached hydrogen (secondary N) is 2. The quantitative estimate of drug-likeness (QED) is 0.493. The highest BCUT2D eigenvalue weighted by atomic mass is 16.2. The zero-order valence-electron chi connectivity index (χ0n) is 19.0. The smallest absolute Gasteiger partial charge is 0.259 e. The molecular weight excluding hydrogens is 426 g/mol. The Morgan fingerprint density at radius 3 is 2.59 bits per heavy atom. The lowest BCUT2D eigenvalue weighted by Crippen LogP contribution is -2.36. The molecule has 4 heterocycles. The number of nitrogens with zero attached hydrogens (tertiary/aromatic N) is 3. The predicted molar refractivity (Wildman–Crippen MR) is 132 cm³/mol. The van der Waals surface area contributed by atoms with E-state index < -0.39 is 0 Å². The van der Waals surface area contributed by atoms with E-state index in [0.717, 1.165) is 41.9 Å². The highest BCUT2D eigenvalue weighted by Crippen LogP contribution is 2.24. The van der Waals surface area contributed by atoms with Crippen LogP contribution in [0.15, 0.2) is 59.4 Å². The number of pyridine rings is 1. The molecule has 2 N–H and O–H groups in total. The molecule has 1 fully saturated rings. The van der Waals surface area contributed by atoms with Gasteiger partial charge in [-0.1, -0.05) is 30.3 Å². The normalized spacial score (nSPS) is 16.2. The molecule has 0 aliphatic carbocycles. The summed E-state index contributed by atoms with van der Waals surface area (Å²) in [6, 6.07) is 17.6. The van der Waals surface area contributed by atoms with Crippen molar-refractivity contribution in [2.75, 3.05) is 19.6 Å². The summed E-state index contributed by atoms with van der Waals surface area (Å²) in [5.41, 5.74) is 4.92. The molecule has 2 aliphatic rings. The van der Waals surface area contributed by atoms with Crippen molar-refractivity contribution in [1.82, 2.24) is 24.8 Å². The minimum absolute atomic E-state index is 0.0260. The van der Waals surface area contributed by atoms with Gasteiger partial charge in [0, 0.05) is 30.6 Å². The SMILES string of the molecule is O=C(c1ccc(CN2CCCC2)cc1)N1CCc2nc(-c3cc4ccccc4[nH]c3=O)[nH]c2C1. The standard InChI is InChI=1S/C27H27N5O2/c33-26-21(15-20-5-1-2-6-22(20)30-26)25-28-23-11-14-32(17-24(23)29-25)27(34)19-9-7-18(8-10-19)16-31-12-3-4-13-31/h1-2,5-10,15H,3-4,11-14,16-17H2,(H,28,29)(H,30,33). The molecule has 172 valence electrons.